The minimum absolute atomic E-state index is 0.0543. The average Bonchev–Trinajstić information content (AvgIpc) is 2.92. The van der Waals surface area contributed by atoms with Crippen LogP contribution in [0.3, 0.4) is 0 Å². The fourth-order valence-corrected chi connectivity index (χ4v) is 4.45. The zero-order valence-corrected chi connectivity index (χ0v) is 25.1. The van der Waals surface area contributed by atoms with E-state index in [1.54, 1.807) is 17.8 Å². The lowest BCUT2D eigenvalue weighted by Crippen LogP contribution is -2.27. The van der Waals surface area contributed by atoms with Gasteiger partial charge < -0.3 is 10.6 Å². The van der Waals surface area contributed by atoms with Crippen LogP contribution < -0.4 is 10.6 Å². The Bertz CT molecular complexity index is 962. The zero-order chi connectivity index (χ0) is 28.1. The lowest BCUT2D eigenvalue weighted by Gasteiger charge is -2.26. The highest BCUT2D eigenvalue weighted by molar-refractivity contribution is 7.99. The molecule has 0 radical (unpaired) electrons. The maximum atomic E-state index is 11.4. The van der Waals surface area contributed by atoms with E-state index in [-0.39, 0.29) is 11.3 Å². The number of carbonyl (C=O) groups excluding carboxylic acids is 1. The van der Waals surface area contributed by atoms with E-state index in [2.05, 4.69) is 112 Å². The van der Waals surface area contributed by atoms with Gasteiger partial charge >= 0.3 is 0 Å². The third-order valence-electron chi connectivity index (χ3n) is 5.79. The van der Waals surface area contributed by atoms with Crippen molar-refractivity contribution in [2.24, 2.45) is 5.41 Å². The first kappa shape index (κ1) is 34.3. The summed E-state index contributed by atoms with van der Waals surface area (Å²) in [6.07, 6.45) is 8.69. The topological polar surface area (TPSA) is 41.1 Å². The molecular formula is C33H50N2OS. The summed E-state index contributed by atoms with van der Waals surface area (Å²) in [4.78, 5) is 11.4. The van der Waals surface area contributed by atoms with E-state index in [0.717, 1.165) is 30.0 Å². The van der Waals surface area contributed by atoms with Gasteiger partial charge in [0.05, 0.1) is 0 Å². The van der Waals surface area contributed by atoms with Crippen molar-refractivity contribution >= 4 is 29.8 Å². The van der Waals surface area contributed by atoms with Crippen molar-refractivity contribution in [2.45, 2.75) is 60.8 Å². The summed E-state index contributed by atoms with van der Waals surface area (Å²) in [7, 11) is 1.89. The summed E-state index contributed by atoms with van der Waals surface area (Å²) in [5, 5.41) is 5.95. The van der Waals surface area contributed by atoms with Gasteiger partial charge in [-0.1, -0.05) is 108 Å². The number of carbonyl (C=O) groups is 1. The Kier molecular flexibility index (Phi) is 18.9. The maximum Gasteiger partial charge on any atom is 0.220 e. The maximum absolute atomic E-state index is 11.4. The third kappa shape index (κ3) is 14.6. The molecule has 0 heterocycles. The molecule has 2 aromatic rings. The van der Waals surface area contributed by atoms with Gasteiger partial charge in [-0.25, -0.2) is 0 Å². The van der Waals surface area contributed by atoms with Crippen molar-refractivity contribution in [3.05, 3.63) is 95.7 Å². The van der Waals surface area contributed by atoms with Crippen molar-refractivity contribution < 1.29 is 4.79 Å². The Morgan fingerprint density at radius 2 is 1.62 bits per heavy atom. The number of rotatable bonds is 13. The van der Waals surface area contributed by atoms with Gasteiger partial charge in [0.2, 0.25) is 5.91 Å². The van der Waals surface area contributed by atoms with E-state index < -0.39 is 0 Å². The number of amides is 1. The molecule has 0 saturated heterocycles. The quantitative estimate of drug-likeness (QED) is 0.158. The van der Waals surface area contributed by atoms with E-state index in [0.29, 0.717) is 13.0 Å². The number of hydrogen-bond acceptors (Lipinski definition) is 3. The molecule has 0 aromatic heterocycles. The third-order valence-corrected chi connectivity index (χ3v) is 7.21. The van der Waals surface area contributed by atoms with Crippen LogP contribution in [0, 0.1) is 12.3 Å². The van der Waals surface area contributed by atoms with Crippen LogP contribution in [0.5, 0.6) is 0 Å². The molecule has 37 heavy (non-hydrogen) atoms. The van der Waals surface area contributed by atoms with Crippen LogP contribution in [-0.2, 0) is 11.2 Å². The van der Waals surface area contributed by atoms with Crippen LogP contribution in [0.4, 0.5) is 0 Å². The molecular weight excluding hydrogens is 472 g/mol. The number of nitrogens with one attached hydrogen (secondary N) is 2. The van der Waals surface area contributed by atoms with Gasteiger partial charge in [-0.05, 0) is 42.0 Å². The molecule has 2 rings (SSSR count). The first-order valence-corrected chi connectivity index (χ1v) is 14.5. The minimum atomic E-state index is 0.0543. The summed E-state index contributed by atoms with van der Waals surface area (Å²) < 4.78 is 0. The van der Waals surface area contributed by atoms with Crippen LogP contribution in [-0.4, -0.2) is 31.0 Å². The Labute approximate surface area is 231 Å². The molecule has 1 amide bonds. The van der Waals surface area contributed by atoms with Gasteiger partial charge in [0.25, 0.3) is 0 Å². The van der Waals surface area contributed by atoms with Crippen molar-refractivity contribution in [1.82, 2.24) is 10.6 Å². The van der Waals surface area contributed by atoms with E-state index in [9.17, 15) is 4.79 Å². The summed E-state index contributed by atoms with van der Waals surface area (Å²) in [5.74, 6) is 1.93. The van der Waals surface area contributed by atoms with Gasteiger partial charge in [-0.3, -0.25) is 4.79 Å². The first-order valence-electron chi connectivity index (χ1n) is 13.4. The normalized spacial score (nSPS) is 10.5. The van der Waals surface area contributed by atoms with E-state index in [4.69, 9.17) is 0 Å². The second-order valence-corrected chi connectivity index (χ2v) is 10.2. The molecule has 0 fully saturated rings. The monoisotopic (exact) mass is 522 g/mol. The van der Waals surface area contributed by atoms with Crippen molar-refractivity contribution in [1.29, 1.82) is 0 Å². The van der Waals surface area contributed by atoms with Gasteiger partial charge in [0.1, 0.15) is 0 Å². The highest BCUT2D eigenvalue weighted by Crippen LogP contribution is 2.27. The lowest BCUT2D eigenvalue weighted by molar-refractivity contribution is -0.120. The van der Waals surface area contributed by atoms with E-state index >= 15 is 0 Å². The van der Waals surface area contributed by atoms with Crippen molar-refractivity contribution in [3.8, 4) is 0 Å². The molecule has 0 bridgehead atoms. The molecule has 204 valence electrons. The predicted molar refractivity (Wildman–Crippen MR) is 169 cm³/mol. The minimum Gasteiger partial charge on any atom is -0.391 e. The predicted octanol–water partition coefficient (Wildman–Crippen LogP) is 8.32. The number of allylic oxidation sites excluding steroid dienone is 1. The number of aryl methyl sites for hydroxylation is 2. The molecule has 0 unspecified atom stereocenters. The molecule has 0 aliphatic rings. The van der Waals surface area contributed by atoms with Crippen LogP contribution in [0.15, 0.2) is 73.5 Å². The van der Waals surface area contributed by atoms with E-state index in [1.165, 1.54) is 22.3 Å². The highest BCUT2D eigenvalue weighted by Gasteiger charge is 2.20. The van der Waals surface area contributed by atoms with Gasteiger partial charge in [-0.15, -0.1) is 6.58 Å². The summed E-state index contributed by atoms with van der Waals surface area (Å²) in [5.41, 5.74) is 6.41. The fraction of sp³-hybridized carbons (Fsp3) is 0.424. The molecule has 0 spiro atoms. The highest BCUT2D eigenvalue weighted by atomic mass is 32.2. The Morgan fingerprint density at radius 3 is 2.22 bits per heavy atom. The van der Waals surface area contributed by atoms with Crippen LogP contribution >= 0.6 is 11.8 Å². The largest absolute Gasteiger partial charge is 0.391 e. The number of hydrogen-bond donors (Lipinski definition) is 2. The summed E-state index contributed by atoms with van der Waals surface area (Å²) >= 11 is 1.79. The van der Waals surface area contributed by atoms with Gasteiger partial charge in [0.15, 0.2) is 0 Å². The first-order chi connectivity index (χ1) is 17.7. The zero-order valence-electron chi connectivity index (χ0n) is 24.3. The molecule has 3 nitrogen and oxygen atoms in total. The molecule has 0 aliphatic heterocycles. The molecule has 0 saturated carbocycles. The van der Waals surface area contributed by atoms with Crippen molar-refractivity contribution in [2.75, 3.05) is 25.1 Å². The fourth-order valence-electron chi connectivity index (χ4n) is 3.29. The van der Waals surface area contributed by atoms with Gasteiger partial charge in [0, 0.05) is 42.6 Å². The molecule has 4 heteroatoms. The van der Waals surface area contributed by atoms with Crippen molar-refractivity contribution in [3.63, 3.8) is 0 Å². The standard InChI is InChI=1S/C17H18.C14H26N2OS.C2H6/c1-3-15-9-6-7-11-17(15)13-12-16-10-5-4-8-14(16)2;1-6-7-9-16-13(17)8-10-18-11-14(3,4)12(2)15-5;1-2/h4-13H,3H2,1-2H3;6,15H,1-2,7-11H2,3-5H3,(H,16,17);1-2H3/b13-12-;;. The van der Waals surface area contributed by atoms with Crippen LogP contribution in [0.1, 0.15) is 69.7 Å². The Hall–Kier alpha value is -2.72. The number of thioether (sulfide) groups is 1. The van der Waals surface area contributed by atoms with Gasteiger partial charge in [-0.2, -0.15) is 11.8 Å². The second kappa shape index (κ2) is 20.4. The molecule has 0 atom stereocenters. The SMILES string of the molecule is C=CCCNC(=O)CCSCC(C)(C)C(=C)NC.CC.CCc1ccccc1/C=C\c1ccccc1C. The smallest absolute Gasteiger partial charge is 0.220 e. The number of benzene rings is 2. The summed E-state index contributed by atoms with van der Waals surface area (Å²) in [6, 6.07) is 17.0. The molecule has 0 aliphatic carbocycles. The second-order valence-electron chi connectivity index (χ2n) is 9.08. The average molecular weight is 523 g/mol. The lowest BCUT2D eigenvalue weighted by atomic mass is 9.93. The molecule has 2 aromatic carbocycles. The Balaban J connectivity index is 0.000000656. The summed E-state index contributed by atoms with van der Waals surface area (Å²) in [6.45, 7) is 21.0. The molecule has 2 N–H and O–H groups in total. The van der Waals surface area contributed by atoms with Crippen LogP contribution in [0.2, 0.25) is 0 Å². The van der Waals surface area contributed by atoms with Crippen LogP contribution in [0.25, 0.3) is 12.2 Å². The van der Waals surface area contributed by atoms with E-state index in [1.807, 2.05) is 20.9 Å². The Morgan fingerprint density at radius 1 is 1.03 bits per heavy atom.